The van der Waals surface area contributed by atoms with E-state index in [9.17, 15) is 41.5 Å². The molecule has 39 heavy (non-hydrogen) atoms. The first-order valence-corrected chi connectivity index (χ1v) is 10.7. The van der Waals surface area contributed by atoms with Crippen LogP contribution in [-0.2, 0) is 42.9 Å². The van der Waals surface area contributed by atoms with Gasteiger partial charge in [-0.1, -0.05) is 5.11 Å². The van der Waals surface area contributed by atoms with Crippen molar-refractivity contribution in [3.05, 3.63) is 39.3 Å². The van der Waals surface area contributed by atoms with Gasteiger partial charge in [0.05, 0.1) is 0 Å². The third kappa shape index (κ3) is 7.32. The molecule has 18 heteroatoms. The van der Waals surface area contributed by atoms with E-state index in [0.717, 1.165) is 27.7 Å². The van der Waals surface area contributed by atoms with E-state index in [0.29, 0.717) is 0 Å². The van der Waals surface area contributed by atoms with Crippen molar-refractivity contribution < 1.29 is 65.2 Å². The zero-order chi connectivity index (χ0) is 29.6. The molecule has 14 nitrogen and oxygen atoms in total. The highest BCUT2D eigenvalue weighted by Gasteiger charge is 2.52. The molecule has 1 aromatic rings. The molecule has 1 aliphatic heterocycles. The Balaban J connectivity index is 2.63. The quantitative estimate of drug-likeness (QED) is 0.0929. The van der Waals surface area contributed by atoms with E-state index >= 15 is 0 Å². The number of hydrogen-bond acceptors (Lipinski definition) is 11. The molecule has 1 heterocycles. The van der Waals surface area contributed by atoms with Gasteiger partial charge in [-0.05, 0) is 5.53 Å². The van der Waals surface area contributed by atoms with Crippen molar-refractivity contribution in [2.24, 2.45) is 5.11 Å². The third-order valence-corrected chi connectivity index (χ3v) is 4.89. The summed E-state index contributed by atoms with van der Waals surface area (Å²) in [5.41, 5.74) is 4.84. The van der Waals surface area contributed by atoms with Crippen LogP contribution in [0.5, 0.6) is 0 Å². The number of amides is 1. The fourth-order valence-corrected chi connectivity index (χ4v) is 3.50. The summed E-state index contributed by atoms with van der Waals surface area (Å²) in [5.74, 6) is -14.7. The zero-order valence-corrected chi connectivity index (χ0v) is 20.5. The molecule has 0 radical (unpaired) electrons. The van der Waals surface area contributed by atoms with Gasteiger partial charge in [0.25, 0.3) is 5.91 Å². The standard InChI is InChI=1S/C21H20F4N4O10/c1-6(30)35-5-10-18(36-7(2)31)19(37-8(3)32)17(21(39-10)38-9(4)33)27-20(34)11-12(22)14(24)16(28-29-26)15(25)13(11)23/h10,17-19,21H,5H2,1-4H3,(H,27,34)/t10-,17-,18-,19-,21?/m1/s1. The lowest BCUT2D eigenvalue weighted by molar-refractivity contribution is -0.270. The van der Waals surface area contributed by atoms with Gasteiger partial charge in [0.15, 0.2) is 35.5 Å². The van der Waals surface area contributed by atoms with Crippen LogP contribution in [-0.4, -0.2) is 67.0 Å². The van der Waals surface area contributed by atoms with E-state index < -0.39 is 102 Å². The fraction of sp³-hybridized carbons (Fsp3) is 0.476. The Morgan fingerprint density at radius 1 is 0.846 bits per heavy atom. The normalized spacial score (nSPS) is 22.1. The Labute approximate surface area is 216 Å². The number of hydrogen-bond donors (Lipinski definition) is 1. The maximum absolute atomic E-state index is 14.6. The second kappa shape index (κ2) is 12.9. The second-order valence-electron chi connectivity index (χ2n) is 7.77. The molecule has 0 aromatic heterocycles. The van der Waals surface area contributed by atoms with Crippen LogP contribution in [0.25, 0.3) is 10.4 Å². The van der Waals surface area contributed by atoms with Gasteiger partial charge >= 0.3 is 23.9 Å². The van der Waals surface area contributed by atoms with Crippen molar-refractivity contribution in [3.8, 4) is 0 Å². The van der Waals surface area contributed by atoms with Crippen molar-refractivity contribution in [2.75, 3.05) is 6.61 Å². The SMILES string of the molecule is CC(=O)OC[C@H]1OC(OC(C)=O)[C@H](NC(=O)c2c(F)c(F)c(N=[N+]=[N-])c(F)c2F)[C@@H](OC(C)=O)[C@@H]1OC(C)=O. The van der Waals surface area contributed by atoms with Crippen LogP contribution in [0.4, 0.5) is 23.2 Å². The van der Waals surface area contributed by atoms with E-state index in [1.165, 1.54) is 0 Å². The zero-order valence-electron chi connectivity index (χ0n) is 20.5. The molecule has 0 aliphatic carbocycles. The summed E-state index contributed by atoms with van der Waals surface area (Å²) in [6.07, 6.45) is -6.95. The van der Waals surface area contributed by atoms with E-state index in [1.807, 2.05) is 10.2 Å². The number of nitrogens with zero attached hydrogens (tertiary/aromatic N) is 3. The number of azide groups is 1. The third-order valence-electron chi connectivity index (χ3n) is 4.89. The molecule has 1 fully saturated rings. The molecule has 1 unspecified atom stereocenters. The second-order valence-corrected chi connectivity index (χ2v) is 7.77. The first kappa shape index (κ1) is 30.8. The highest BCUT2D eigenvalue weighted by atomic mass is 19.2. The lowest BCUT2D eigenvalue weighted by atomic mass is 9.95. The predicted octanol–water partition coefficient (Wildman–Crippen LogP) is 2.00. The molecule has 1 saturated heterocycles. The minimum Gasteiger partial charge on any atom is -0.463 e. The minimum absolute atomic E-state index is 0.649. The topological polar surface area (TPSA) is 192 Å². The van der Waals surface area contributed by atoms with Crippen LogP contribution in [0.15, 0.2) is 5.11 Å². The molecule has 212 valence electrons. The summed E-state index contributed by atoms with van der Waals surface area (Å²) >= 11 is 0. The van der Waals surface area contributed by atoms with E-state index in [1.54, 1.807) is 0 Å². The van der Waals surface area contributed by atoms with Crippen LogP contribution < -0.4 is 5.32 Å². The Kier molecular flexibility index (Phi) is 10.2. The van der Waals surface area contributed by atoms with E-state index in [2.05, 4.69) is 5.11 Å². The Hall–Kier alpha value is -4.44. The van der Waals surface area contributed by atoms with Gasteiger partial charge in [-0.3, -0.25) is 24.0 Å². The van der Waals surface area contributed by atoms with Crippen LogP contribution >= 0.6 is 0 Å². The molecule has 1 N–H and O–H groups in total. The summed E-state index contributed by atoms with van der Waals surface area (Å²) in [5, 5.41) is 4.40. The maximum Gasteiger partial charge on any atom is 0.305 e. The number of carbonyl (C=O) groups excluding carboxylic acids is 5. The van der Waals surface area contributed by atoms with Crippen LogP contribution in [0.2, 0.25) is 0 Å². The van der Waals surface area contributed by atoms with Crippen LogP contribution in [0, 0.1) is 23.3 Å². The van der Waals surface area contributed by atoms with Crippen molar-refractivity contribution >= 4 is 35.5 Å². The minimum atomic E-state index is -2.26. The number of rotatable bonds is 8. The Morgan fingerprint density at radius 3 is 1.82 bits per heavy atom. The highest BCUT2D eigenvalue weighted by Crippen LogP contribution is 2.32. The number of benzene rings is 1. The van der Waals surface area contributed by atoms with Gasteiger partial charge in [0, 0.05) is 32.6 Å². The molecule has 2 rings (SSSR count). The lowest BCUT2D eigenvalue weighted by Gasteiger charge is -2.44. The molecule has 0 saturated carbocycles. The van der Waals surface area contributed by atoms with Crippen LogP contribution in [0.1, 0.15) is 38.1 Å². The number of nitrogens with one attached hydrogen (secondary N) is 1. The van der Waals surface area contributed by atoms with Crippen molar-refractivity contribution in [1.29, 1.82) is 0 Å². The molecular weight excluding hydrogens is 544 g/mol. The Morgan fingerprint density at radius 2 is 1.36 bits per heavy atom. The monoisotopic (exact) mass is 564 g/mol. The predicted molar refractivity (Wildman–Crippen MR) is 115 cm³/mol. The van der Waals surface area contributed by atoms with E-state index in [-0.39, 0.29) is 0 Å². The maximum atomic E-state index is 14.6. The molecule has 1 aromatic carbocycles. The fourth-order valence-electron chi connectivity index (χ4n) is 3.50. The average molecular weight is 564 g/mol. The largest absolute Gasteiger partial charge is 0.463 e. The van der Waals surface area contributed by atoms with Crippen LogP contribution in [0.3, 0.4) is 0 Å². The number of carbonyl (C=O) groups is 5. The summed E-state index contributed by atoms with van der Waals surface area (Å²) in [6, 6.07) is -1.93. The molecule has 1 aliphatic rings. The van der Waals surface area contributed by atoms with E-state index in [4.69, 9.17) is 29.2 Å². The van der Waals surface area contributed by atoms with Crippen molar-refractivity contribution in [2.45, 2.75) is 58.3 Å². The van der Waals surface area contributed by atoms with Gasteiger partial charge < -0.3 is 29.0 Å². The molecule has 0 spiro atoms. The van der Waals surface area contributed by atoms with Crippen molar-refractivity contribution in [3.63, 3.8) is 0 Å². The average Bonchev–Trinajstić information content (AvgIpc) is 2.82. The molecule has 5 atom stereocenters. The number of ether oxygens (including phenoxy) is 5. The summed E-state index contributed by atoms with van der Waals surface area (Å²) in [7, 11) is 0. The van der Waals surface area contributed by atoms with Gasteiger partial charge in [0.1, 0.15) is 30.0 Å². The summed E-state index contributed by atoms with van der Waals surface area (Å²) < 4.78 is 83.2. The first-order valence-electron chi connectivity index (χ1n) is 10.7. The van der Waals surface area contributed by atoms with Gasteiger partial charge in [-0.25, -0.2) is 17.6 Å². The lowest BCUT2D eigenvalue weighted by Crippen LogP contribution is -2.67. The molecule has 1 amide bonds. The van der Waals surface area contributed by atoms with Crippen molar-refractivity contribution in [1.82, 2.24) is 5.32 Å². The Bertz CT molecular complexity index is 1210. The van der Waals surface area contributed by atoms with Gasteiger partial charge in [-0.15, -0.1) is 0 Å². The summed E-state index contributed by atoms with van der Waals surface area (Å²) in [4.78, 5) is 61.6. The smallest absolute Gasteiger partial charge is 0.305 e. The summed E-state index contributed by atoms with van der Waals surface area (Å²) in [6.45, 7) is 3.08. The molecule has 0 bridgehead atoms. The number of esters is 4. The highest BCUT2D eigenvalue weighted by molar-refractivity contribution is 5.95. The van der Waals surface area contributed by atoms with Gasteiger partial charge in [-0.2, -0.15) is 0 Å². The number of halogens is 4. The molecular formula is C21H20F4N4O10. The van der Waals surface area contributed by atoms with Gasteiger partial charge in [0.2, 0.25) is 6.29 Å². The first-order chi connectivity index (χ1) is 18.2.